The van der Waals surface area contributed by atoms with E-state index in [9.17, 15) is 9.90 Å². The molecule has 4 rings (SSSR count). The lowest BCUT2D eigenvalue weighted by Crippen LogP contribution is -2.10. The number of fused-ring (bicyclic) bond motifs is 1. The SMILES string of the molecule is COC(C)c1nc2cncc(-c3ccc(-c4cnn(C)c4)cc3)c2cc1C(=O)O. The Bertz CT molecular complexity index is 1200. The Kier molecular flexibility index (Phi) is 4.82. The summed E-state index contributed by atoms with van der Waals surface area (Å²) in [5, 5.41) is 14.6. The van der Waals surface area contributed by atoms with Gasteiger partial charge in [0, 0.05) is 43.1 Å². The van der Waals surface area contributed by atoms with Crippen LogP contribution in [0.15, 0.2) is 55.1 Å². The molecule has 7 heteroatoms. The number of carbonyl (C=O) groups is 1. The topological polar surface area (TPSA) is 90.1 Å². The fourth-order valence-electron chi connectivity index (χ4n) is 3.34. The molecule has 1 aromatic carbocycles. The summed E-state index contributed by atoms with van der Waals surface area (Å²) in [5.74, 6) is -1.03. The van der Waals surface area contributed by atoms with Crippen molar-refractivity contribution < 1.29 is 14.6 Å². The summed E-state index contributed by atoms with van der Waals surface area (Å²) >= 11 is 0. The lowest BCUT2D eigenvalue weighted by atomic mass is 9.98. The molecular weight excluding hydrogens is 368 g/mol. The molecule has 4 aromatic rings. The van der Waals surface area contributed by atoms with Gasteiger partial charge in [-0.05, 0) is 24.1 Å². The monoisotopic (exact) mass is 388 g/mol. The Balaban J connectivity index is 1.83. The van der Waals surface area contributed by atoms with E-state index in [0.29, 0.717) is 11.2 Å². The second-order valence-electron chi connectivity index (χ2n) is 6.84. The maximum absolute atomic E-state index is 11.8. The molecular formula is C22H20N4O3. The van der Waals surface area contributed by atoms with Crippen LogP contribution in [0.4, 0.5) is 0 Å². The highest BCUT2D eigenvalue weighted by Crippen LogP contribution is 2.31. The standard InChI is InChI=1S/C22H20N4O3/c1-13(29-3)21-18(22(27)28)8-17-19(10-23-11-20(17)25-21)15-6-4-14(5-7-15)16-9-24-26(2)12-16/h4-13H,1-3H3,(H,27,28). The van der Waals surface area contributed by atoms with Crippen LogP contribution >= 0.6 is 0 Å². The van der Waals surface area contributed by atoms with Crippen LogP contribution < -0.4 is 0 Å². The first-order valence-corrected chi connectivity index (χ1v) is 9.12. The number of rotatable bonds is 5. The number of aromatic carboxylic acids is 1. The van der Waals surface area contributed by atoms with Gasteiger partial charge in [-0.15, -0.1) is 0 Å². The molecule has 1 atom stereocenters. The van der Waals surface area contributed by atoms with Gasteiger partial charge in [0.1, 0.15) is 0 Å². The number of aryl methyl sites for hydroxylation is 1. The molecule has 0 saturated carbocycles. The van der Waals surface area contributed by atoms with E-state index in [1.807, 2.05) is 43.7 Å². The Morgan fingerprint density at radius 1 is 1.10 bits per heavy atom. The third-order valence-electron chi connectivity index (χ3n) is 4.98. The zero-order valence-corrected chi connectivity index (χ0v) is 16.3. The highest BCUT2D eigenvalue weighted by atomic mass is 16.5. The molecule has 0 amide bonds. The minimum atomic E-state index is -1.03. The van der Waals surface area contributed by atoms with Crippen molar-refractivity contribution in [2.45, 2.75) is 13.0 Å². The van der Waals surface area contributed by atoms with Gasteiger partial charge in [-0.3, -0.25) is 9.67 Å². The van der Waals surface area contributed by atoms with Crippen molar-refractivity contribution in [2.75, 3.05) is 7.11 Å². The van der Waals surface area contributed by atoms with E-state index in [-0.39, 0.29) is 5.56 Å². The molecule has 3 heterocycles. The van der Waals surface area contributed by atoms with Crippen LogP contribution in [0, 0.1) is 0 Å². The quantitative estimate of drug-likeness (QED) is 0.553. The fraction of sp³-hybridized carbons (Fsp3) is 0.182. The molecule has 0 bridgehead atoms. The second-order valence-corrected chi connectivity index (χ2v) is 6.84. The van der Waals surface area contributed by atoms with Crippen molar-refractivity contribution in [1.82, 2.24) is 19.7 Å². The predicted octanol–water partition coefficient (Wildman–Crippen LogP) is 4.10. The summed E-state index contributed by atoms with van der Waals surface area (Å²) in [6.07, 6.45) is 6.70. The number of carboxylic acids is 1. The van der Waals surface area contributed by atoms with Crippen molar-refractivity contribution in [1.29, 1.82) is 0 Å². The smallest absolute Gasteiger partial charge is 0.337 e. The second kappa shape index (κ2) is 7.44. The third-order valence-corrected chi connectivity index (χ3v) is 4.98. The van der Waals surface area contributed by atoms with Crippen LogP contribution in [-0.2, 0) is 11.8 Å². The molecule has 146 valence electrons. The van der Waals surface area contributed by atoms with Gasteiger partial charge in [-0.2, -0.15) is 5.10 Å². The van der Waals surface area contributed by atoms with Gasteiger partial charge < -0.3 is 9.84 Å². The predicted molar refractivity (Wildman–Crippen MR) is 110 cm³/mol. The summed E-state index contributed by atoms with van der Waals surface area (Å²) in [6, 6.07) is 9.66. The molecule has 0 fully saturated rings. The average molecular weight is 388 g/mol. The molecule has 0 aliphatic rings. The Morgan fingerprint density at radius 3 is 2.45 bits per heavy atom. The van der Waals surface area contributed by atoms with Crippen molar-refractivity contribution >= 4 is 16.9 Å². The van der Waals surface area contributed by atoms with Crippen LogP contribution in [-0.4, -0.2) is 37.9 Å². The van der Waals surface area contributed by atoms with Crippen LogP contribution in [0.1, 0.15) is 29.1 Å². The normalized spacial score (nSPS) is 12.2. The molecule has 0 radical (unpaired) electrons. The van der Waals surface area contributed by atoms with Gasteiger partial charge in [0.05, 0.1) is 35.3 Å². The Labute approximate surface area is 167 Å². The summed E-state index contributed by atoms with van der Waals surface area (Å²) in [5.41, 5.74) is 4.99. The summed E-state index contributed by atoms with van der Waals surface area (Å²) in [4.78, 5) is 20.7. The van der Waals surface area contributed by atoms with Crippen molar-refractivity contribution in [3.05, 3.63) is 66.4 Å². The van der Waals surface area contributed by atoms with Gasteiger partial charge in [0.15, 0.2) is 0 Å². The van der Waals surface area contributed by atoms with Crippen molar-refractivity contribution in [2.24, 2.45) is 7.05 Å². The van der Waals surface area contributed by atoms with E-state index in [4.69, 9.17) is 4.74 Å². The van der Waals surface area contributed by atoms with Crippen LogP contribution in [0.5, 0.6) is 0 Å². The molecule has 0 saturated heterocycles. The number of hydrogen-bond acceptors (Lipinski definition) is 5. The van der Waals surface area contributed by atoms with Gasteiger partial charge in [-0.1, -0.05) is 24.3 Å². The highest BCUT2D eigenvalue weighted by molar-refractivity contribution is 5.99. The van der Waals surface area contributed by atoms with E-state index < -0.39 is 12.1 Å². The average Bonchev–Trinajstić information content (AvgIpc) is 3.18. The summed E-state index contributed by atoms with van der Waals surface area (Å²) in [6.45, 7) is 1.77. The van der Waals surface area contributed by atoms with Crippen LogP contribution in [0.2, 0.25) is 0 Å². The zero-order chi connectivity index (χ0) is 20.5. The summed E-state index contributed by atoms with van der Waals surface area (Å²) < 4.78 is 7.05. The Hall–Kier alpha value is -3.58. The van der Waals surface area contributed by atoms with Gasteiger partial charge in [0.2, 0.25) is 0 Å². The first-order valence-electron chi connectivity index (χ1n) is 9.12. The number of pyridine rings is 2. The minimum absolute atomic E-state index is 0.131. The maximum Gasteiger partial charge on any atom is 0.337 e. The number of nitrogens with zero attached hydrogens (tertiary/aromatic N) is 4. The molecule has 1 N–H and O–H groups in total. The van der Waals surface area contributed by atoms with Crippen molar-refractivity contribution in [3.8, 4) is 22.3 Å². The summed E-state index contributed by atoms with van der Waals surface area (Å²) in [7, 11) is 3.41. The minimum Gasteiger partial charge on any atom is -0.478 e. The van der Waals surface area contributed by atoms with Crippen LogP contribution in [0.3, 0.4) is 0 Å². The van der Waals surface area contributed by atoms with E-state index in [0.717, 1.165) is 27.6 Å². The first-order chi connectivity index (χ1) is 14.0. The number of methoxy groups -OCH3 is 1. The first kappa shape index (κ1) is 18.8. The molecule has 1 unspecified atom stereocenters. The Morgan fingerprint density at radius 2 is 1.83 bits per heavy atom. The molecule has 0 aliphatic carbocycles. The number of benzene rings is 1. The highest BCUT2D eigenvalue weighted by Gasteiger charge is 2.20. The molecule has 29 heavy (non-hydrogen) atoms. The van der Waals surface area contributed by atoms with E-state index in [2.05, 4.69) is 15.1 Å². The number of carboxylic acid groups (broad SMARTS) is 1. The van der Waals surface area contributed by atoms with E-state index >= 15 is 0 Å². The fourth-order valence-corrected chi connectivity index (χ4v) is 3.34. The molecule has 0 aliphatic heterocycles. The number of aromatic nitrogens is 4. The largest absolute Gasteiger partial charge is 0.478 e. The molecule has 3 aromatic heterocycles. The molecule has 0 spiro atoms. The lowest BCUT2D eigenvalue weighted by Gasteiger charge is -2.14. The van der Waals surface area contributed by atoms with Crippen molar-refractivity contribution in [3.63, 3.8) is 0 Å². The number of ether oxygens (including phenoxy) is 1. The number of hydrogen-bond donors (Lipinski definition) is 1. The van der Waals surface area contributed by atoms with E-state index in [1.165, 1.54) is 7.11 Å². The van der Waals surface area contributed by atoms with Gasteiger partial charge in [0.25, 0.3) is 0 Å². The lowest BCUT2D eigenvalue weighted by molar-refractivity contribution is 0.0681. The van der Waals surface area contributed by atoms with Gasteiger partial charge >= 0.3 is 5.97 Å². The maximum atomic E-state index is 11.8. The zero-order valence-electron chi connectivity index (χ0n) is 16.3. The van der Waals surface area contributed by atoms with Gasteiger partial charge in [-0.25, -0.2) is 9.78 Å². The third kappa shape index (κ3) is 3.48. The van der Waals surface area contributed by atoms with Crippen LogP contribution in [0.25, 0.3) is 33.2 Å². The molecule has 7 nitrogen and oxygen atoms in total. The van der Waals surface area contributed by atoms with E-state index in [1.54, 1.807) is 30.1 Å².